The van der Waals surface area contributed by atoms with Gasteiger partial charge in [0.15, 0.2) is 0 Å². The van der Waals surface area contributed by atoms with Crippen molar-refractivity contribution in [2.45, 2.75) is 6.42 Å². The first kappa shape index (κ1) is 9.71. The molecule has 0 radical (unpaired) electrons. The molecule has 2 heteroatoms. The number of aliphatic imine (C=N–C) groups is 1. The Kier molecular flexibility index (Phi) is 2.68. The molecule has 0 aliphatic carbocycles. The van der Waals surface area contributed by atoms with Crippen molar-refractivity contribution in [1.82, 2.24) is 5.32 Å². The first-order chi connectivity index (χ1) is 7.27. The summed E-state index contributed by atoms with van der Waals surface area (Å²) in [6.07, 6.45) is 10.6. The number of rotatable bonds is 0. The minimum Gasteiger partial charge on any atom is -0.380 e. The number of nitrogens with one attached hydrogen (secondary N) is 1. The van der Waals surface area contributed by atoms with E-state index >= 15 is 0 Å². The van der Waals surface area contributed by atoms with Crippen LogP contribution in [-0.2, 0) is 0 Å². The standard InChI is InChI=1S/C13H14N2/c1-10-5-3-7-14-12(9-10)13-11(2)6-4-8-15-13/h3-7,15H,1-2,8-9H2/b13-12-. The fourth-order valence-corrected chi connectivity index (χ4v) is 1.63. The maximum absolute atomic E-state index is 4.40. The highest BCUT2D eigenvalue weighted by Gasteiger charge is 2.11. The Hall–Kier alpha value is -1.83. The molecule has 0 aromatic rings. The van der Waals surface area contributed by atoms with E-state index in [2.05, 4.69) is 29.5 Å². The van der Waals surface area contributed by atoms with Gasteiger partial charge < -0.3 is 5.32 Å². The fraction of sp³-hybridized carbons (Fsp3) is 0.154. The van der Waals surface area contributed by atoms with Crippen LogP contribution >= 0.6 is 0 Å². The number of hydrogen-bond acceptors (Lipinski definition) is 2. The predicted octanol–water partition coefficient (Wildman–Crippen LogP) is 2.50. The second-order valence-electron chi connectivity index (χ2n) is 3.60. The summed E-state index contributed by atoms with van der Waals surface area (Å²) in [7, 11) is 0. The van der Waals surface area contributed by atoms with Gasteiger partial charge in [0.05, 0.1) is 11.4 Å². The minimum atomic E-state index is 0.780. The number of nitrogens with zero attached hydrogens (tertiary/aromatic N) is 1. The molecule has 15 heavy (non-hydrogen) atoms. The molecule has 1 N–H and O–H groups in total. The van der Waals surface area contributed by atoms with Gasteiger partial charge >= 0.3 is 0 Å². The Labute approximate surface area is 90.1 Å². The van der Waals surface area contributed by atoms with E-state index in [0.717, 1.165) is 35.5 Å². The molecule has 2 rings (SSSR count). The van der Waals surface area contributed by atoms with Crippen LogP contribution in [0.3, 0.4) is 0 Å². The molecule has 76 valence electrons. The predicted molar refractivity (Wildman–Crippen MR) is 64.7 cm³/mol. The summed E-state index contributed by atoms with van der Waals surface area (Å²) in [4.78, 5) is 4.40. The topological polar surface area (TPSA) is 24.4 Å². The highest BCUT2D eigenvalue weighted by Crippen LogP contribution is 2.22. The Morgan fingerprint density at radius 3 is 2.93 bits per heavy atom. The van der Waals surface area contributed by atoms with Crippen LogP contribution in [0.15, 0.2) is 65.0 Å². The third-order valence-corrected chi connectivity index (χ3v) is 2.37. The summed E-state index contributed by atoms with van der Waals surface area (Å²) in [5.41, 5.74) is 4.11. The second-order valence-corrected chi connectivity index (χ2v) is 3.60. The first-order valence-corrected chi connectivity index (χ1v) is 4.99. The maximum atomic E-state index is 4.40. The summed E-state index contributed by atoms with van der Waals surface area (Å²) in [5, 5.41) is 3.30. The van der Waals surface area contributed by atoms with Gasteiger partial charge in [-0.05, 0) is 17.2 Å². The van der Waals surface area contributed by atoms with Crippen LogP contribution in [0.4, 0.5) is 0 Å². The van der Waals surface area contributed by atoms with Gasteiger partial charge in [-0.15, -0.1) is 0 Å². The highest BCUT2D eigenvalue weighted by atomic mass is 14.9. The van der Waals surface area contributed by atoms with Crippen molar-refractivity contribution in [3.05, 3.63) is 60.0 Å². The summed E-state index contributed by atoms with van der Waals surface area (Å²) in [6.45, 7) is 8.80. The molecule has 0 unspecified atom stereocenters. The molecule has 0 fully saturated rings. The Morgan fingerprint density at radius 1 is 1.27 bits per heavy atom. The number of allylic oxidation sites excluding steroid dienone is 4. The molecule has 0 aromatic heterocycles. The molecule has 0 saturated heterocycles. The molecular formula is C13H14N2. The van der Waals surface area contributed by atoms with Gasteiger partial charge in [0.1, 0.15) is 0 Å². The molecule has 0 atom stereocenters. The smallest absolute Gasteiger partial charge is 0.0684 e. The van der Waals surface area contributed by atoms with E-state index in [9.17, 15) is 0 Å². The van der Waals surface area contributed by atoms with E-state index in [0.29, 0.717) is 0 Å². The van der Waals surface area contributed by atoms with Crippen LogP contribution in [0.5, 0.6) is 0 Å². The third-order valence-electron chi connectivity index (χ3n) is 2.37. The molecule has 0 amide bonds. The largest absolute Gasteiger partial charge is 0.380 e. The van der Waals surface area contributed by atoms with Crippen molar-refractivity contribution in [3.63, 3.8) is 0 Å². The lowest BCUT2D eigenvalue weighted by molar-refractivity contribution is 0.866. The molecule has 2 aliphatic heterocycles. The average Bonchev–Trinajstić information content (AvgIpc) is 2.43. The van der Waals surface area contributed by atoms with Crippen molar-refractivity contribution in [2.75, 3.05) is 6.54 Å². The SMILES string of the molecule is C=C1C=CC=N/C(=C2\NCC=CC2=C)C1. The summed E-state index contributed by atoms with van der Waals surface area (Å²) in [5.74, 6) is 0. The monoisotopic (exact) mass is 198 g/mol. The first-order valence-electron chi connectivity index (χ1n) is 4.99. The van der Waals surface area contributed by atoms with E-state index in [-0.39, 0.29) is 0 Å². The lowest BCUT2D eigenvalue weighted by atomic mass is 10.0. The summed E-state index contributed by atoms with van der Waals surface area (Å²) < 4.78 is 0. The zero-order valence-electron chi connectivity index (χ0n) is 8.66. The Balaban J connectivity index is 2.35. The van der Waals surface area contributed by atoms with E-state index in [4.69, 9.17) is 0 Å². The van der Waals surface area contributed by atoms with Gasteiger partial charge in [0.25, 0.3) is 0 Å². The van der Waals surface area contributed by atoms with Crippen molar-refractivity contribution in [2.24, 2.45) is 4.99 Å². The van der Waals surface area contributed by atoms with E-state index in [1.165, 1.54) is 0 Å². The minimum absolute atomic E-state index is 0.780. The number of hydrogen-bond donors (Lipinski definition) is 1. The highest BCUT2D eigenvalue weighted by molar-refractivity contribution is 5.74. The molecule has 2 nitrogen and oxygen atoms in total. The molecule has 0 spiro atoms. The Bertz CT molecular complexity index is 420. The fourth-order valence-electron chi connectivity index (χ4n) is 1.63. The quantitative estimate of drug-likeness (QED) is 0.635. The molecular weight excluding hydrogens is 184 g/mol. The van der Waals surface area contributed by atoms with Gasteiger partial charge in [-0.3, -0.25) is 4.99 Å². The van der Waals surface area contributed by atoms with Crippen LogP contribution in [-0.4, -0.2) is 12.8 Å². The molecule has 0 aromatic carbocycles. The van der Waals surface area contributed by atoms with E-state index in [1.54, 1.807) is 6.21 Å². The van der Waals surface area contributed by atoms with Crippen molar-refractivity contribution in [1.29, 1.82) is 0 Å². The van der Waals surface area contributed by atoms with Crippen molar-refractivity contribution < 1.29 is 0 Å². The van der Waals surface area contributed by atoms with Crippen molar-refractivity contribution in [3.8, 4) is 0 Å². The molecule has 2 aliphatic rings. The average molecular weight is 198 g/mol. The van der Waals surface area contributed by atoms with Crippen LogP contribution in [0.2, 0.25) is 0 Å². The zero-order valence-corrected chi connectivity index (χ0v) is 8.66. The van der Waals surface area contributed by atoms with Crippen molar-refractivity contribution >= 4 is 6.21 Å². The van der Waals surface area contributed by atoms with Crippen LogP contribution < -0.4 is 5.32 Å². The summed E-state index contributed by atoms with van der Waals surface area (Å²) in [6, 6.07) is 0. The third kappa shape index (κ3) is 2.15. The summed E-state index contributed by atoms with van der Waals surface area (Å²) >= 11 is 0. The second kappa shape index (κ2) is 4.13. The van der Waals surface area contributed by atoms with Crippen LogP contribution in [0.25, 0.3) is 0 Å². The maximum Gasteiger partial charge on any atom is 0.0684 e. The van der Waals surface area contributed by atoms with Crippen LogP contribution in [0.1, 0.15) is 6.42 Å². The normalized spacial score (nSPS) is 25.3. The lowest BCUT2D eigenvalue weighted by Gasteiger charge is -2.17. The van der Waals surface area contributed by atoms with Gasteiger partial charge in [-0.2, -0.15) is 0 Å². The van der Waals surface area contributed by atoms with Gasteiger partial charge in [0, 0.05) is 19.2 Å². The Morgan fingerprint density at radius 2 is 2.13 bits per heavy atom. The van der Waals surface area contributed by atoms with Gasteiger partial charge in [-0.1, -0.05) is 31.4 Å². The van der Waals surface area contributed by atoms with Gasteiger partial charge in [-0.25, -0.2) is 0 Å². The lowest BCUT2D eigenvalue weighted by Crippen LogP contribution is -2.19. The van der Waals surface area contributed by atoms with Crippen LogP contribution in [0, 0.1) is 0 Å². The molecule has 0 saturated carbocycles. The van der Waals surface area contributed by atoms with E-state index in [1.807, 2.05) is 18.2 Å². The molecule has 2 heterocycles. The van der Waals surface area contributed by atoms with Gasteiger partial charge in [0.2, 0.25) is 0 Å². The van der Waals surface area contributed by atoms with E-state index < -0.39 is 0 Å². The molecule has 0 bridgehead atoms. The zero-order chi connectivity index (χ0) is 10.7.